The van der Waals surface area contributed by atoms with E-state index >= 15 is 0 Å². The van der Waals surface area contributed by atoms with Crippen molar-refractivity contribution >= 4 is 28.7 Å². The van der Waals surface area contributed by atoms with Crippen molar-refractivity contribution in [3.05, 3.63) is 75.1 Å². The number of nitrogens with one attached hydrogen (secondary N) is 2. The van der Waals surface area contributed by atoms with E-state index in [1.54, 1.807) is 24.3 Å². The van der Waals surface area contributed by atoms with Crippen molar-refractivity contribution < 1.29 is 23.6 Å². The average Bonchev–Trinajstić information content (AvgIpc) is 2.85. The fraction of sp³-hybridized carbons (Fsp3) is 0.346. The molecule has 186 valence electrons. The summed E-state index contributed by atoms with van der Waals surface area (Å²) in [4.78, 5) is 43.5. The normalized spacial score (nSPS) is 10.7. The summed E-state index contributed by atoms with van der Waals surface area (Å²) in [6, 6.07) is 12.6. The Morgan fingerprint density at radius 3 is 2.57 bits per heavy atom. The van der Waals surface area contributed by atoms with Crippen LogP contribution in [-0.4, -0.2) is 38.8 Å². The van der Waals surface area contributed by atoms with E-state index in [4.69, 9.17) is 14.0 Å². The lowest BCUT2D eigenvalue weighted by atomic mass is 10.0. The molecule has 0 saturated carbocycles. The van der Waals surface area contributed by atoms with Crippen molar-refractivity contribution in [1.29, 1.82) is 0 Å². The van der Waals surface area contributed by atoms with E-state index in [9.17, 15) is 14.4 Å². The molecule has 0 aliphatic rings. The molecule has 0 aliphatic carbocycles. The van der Waals surface area contributed by atoms with Crippen LogP contribution in [0.25, 0.3) is 11.0 Å². The van der Waals surface area contributed by atoms with Crippen LogP contribution in [0, 0.1) is 6.92 Å². The van der Waals surface area contributed by atoms with Gasteiger partial charge in [0.2, 0.25) is 0 Å². The molecule has 0 bridgehead atoms. The number of rotatable bonds is 10. The minimum absolute atomic E-state index is 0.0228. The van der Waals surface area contributed by atoms with Crippen LogP contribution in [0.1, 0.15) is 40.9 Å². The van der Waals surface area contributed by atoms with Gasteiger partial charge in [0, 0.05) is 55.8 Å². The van der Waals surface area contributed by atoms with Crippen LogP contribution in [0.3, 0.4) is 0 Å². The topological polar surface area (TPSA) is 110 Å². The van der Waals surface area contributed by atoms with E-state index < -0.39 is 17.7 Å². The summed E-state index contributed by atoms with van der Waals surface area (Å²) in [7, 11) is 1.49. The lowest BCUT2D eigenvalue weighted by Crippen LogP contribution is -2.25. The van der Waals surface area contributed by atoms with Crippen molar-refractivity contribution in [2.45, 2.75) is 33.7 Å². The molecular formula is C26H31N3O6. The molecule has 1 heterocycles. The number of ether oxygens (including phenoxy) is 1. The number of fused-ring (bicyclic) bond motifs is 1. The van der Waals surface area contributed by atoms with Gasteiger partial charge in [-0.2, -0.15) is 5.48 Å². The van der Waals surface area contributed by atoms with E-state index in [2.05, 4.69) is 29.5 Å². The predicted octanol–water partition coefficient (Wildman–Crippen LogP) is 3.71. The zero-order chi connectivity index (χ0) is 25.4. The summed E-state index contributed by atoms with van der Waals surface area (Å²) >= 11 is 0. The largest absolute Gasteiger partial charge is 0.449 e. The number of hydroxylamine groups is 1. The number of hydrogen-bond donors (Lipinski definition) is 2. The van der Waals surface area contributed by atoms with Gasteiger partial charge in [0.1, 0.15) is 5.58 Å². The molecule has 0 saturated heterocycles. The molecule has 0 fully saturated rings. The van der Waals surface area contributed by atoms with Crippen LogP contribution in [-0.2, 0) is 22.5 Å². The number of carbonyl (C=O) groups excluding carboxylic acids is 2. The molecular weight excluding hydrogens is 450 g/mol. The molecule has 35 heavy (non-hydrogen) atoms. The first-order valence-electron chi connectivity index (χ1n) is 11.6. The van der Waals surface area contributed by atoms with Gasteiger partial charge in [0.25, 0.3) is 0 Å². The first kappa shape index (κ1) is 25.8. The Hall–Kier alpha value is -3.85. The Balaban J connectivity index is 1.59. The molecule has 3 rings (SSSR count). The number of benzene rings is 2. The molecule has 1 aromatic heterocycles. The maximum atomic E-state index is 12.6. The number of hydrogen-bond acceptors (Lipinski definition) is 8. The van der Waals surface area contributed by atoms with Crippen molar-refractivity contribution in [3.63, 3.8) is 0 Å². The van der Waals surface area contributed by atoms with Gasteiger partial charge in [-0.1, -0.05) is 12.1 Å². The number of nitrogens with zero attached hydrogens (tertiary/aromatic N) is 1. The lowest BCUT2D eigenvalue weighted by molar-refractivity contribution is 0.0310. The average molecular weight is 482 g/mol. The van der Waals surface area contributed by atoms with Crippen LogP contribution in [0.2, 0.25) is 0 Å². The van der Waals surface area contributed by atoms with E-state index in [0.29, 0.717) is 22.3 Å². The molecule has 1 amide bonds. The number of anilines is 1. The van der Waals surface area contributed by atoms with Crippen LogP contribution in [0.4, 0.5) is 10.5 Å². The van der Waals surface area contributed by atoms with Crippen molar-refractivity contribution in [3.8, 4) is 0 Å². The second-order valence-corrected chi connectivity index (χ2v) is 7.88. The van der Waals surface area contributed by atoms with Gasteiger partial charge < -0.3 is 24.2 Å². The van der Waals surface area contributed by atoms with Crippen LogP contribution >= 0.6 is 0 Å². The summed E-state index contributed by atoms with van der Waals surface area (Å²) in [5.74, 6) is -0.522. The molecule has 9 heteroatoms. The van der Waals surface area contributed by atoms with Gasteiger partial charge in [0.15, 0.2) is 0 Å². The van der Waals surface area contributed by atoms with Crippen molar-refractivity contribution in [2.75, 3.05) is 31.6 Å². The summed E-state index contributed by atoms with van der Waals surface area (Å²) in [5.41, 5.74) is 5.81. The first-order valence-corrected chi connectivity index (χ1v) is 11.6. The van der Waals surface area contributed by atoms with E-state index in [1.807, 2.05) is 25.1 Å². The van der Waals surface area contributed by atoms with Gasteiger partial charge >= 0.3 is 17.7 Å². The highest BCUT2D eigenvalue weighted by Crippen LogP contribution is 2.25. The van der Waals surface area contributed by atoms with E-state index in [1.165, 1.54) is 7.05 Å². The number of aryl methyl sites for hydroxylation is 1. The molecule has 9 nitrogen and oxygen atoms in total. The number of alkyl carbamates (subject to hydrolysis) is 1. The number of carbonyl (C=O) groups is 2. The first-order chi connectivity index (χ1) is 16.9. The Morgan fingerprint density at radius 1 is 1.09 bits per heavy atom. The minimum Gasteiger partial charge on any atom is -0.449 e. The summed E-state index contributed by atoms with van der Waals surface area (Å²) in [5, 5.41) is 3.49. The van der Waals surface area contributed by atoms with Crippen LogP contribution in [0.5, 0.6) is 0 Å². The van der Waals surface area contributed by atoms with Gasteiger partial charge in [0.05, 0.1) is 12.2 Å². The van der Waals surface area contributed by atoms with Gasteiger partial charge in [-0.05, 0) is 56.2 Å². The van der Waals surface area contributed by atoms with Crippen molar-refractivity contribution in [2.24, 2.45) is 0 Å². The maximum absolute atomic E-state index is 12.6. The third-order valence-electron chi connectivity index (χ3n) is 5.78. The third kappa shape index (κ3) is 6.39. The second kappa shape index (κ2) is 12.0. The molecule has 0 atom stereocenters. The summed E-state index contributed by atoms with van der Waals surface area (Å²) in [6.45, 7) is 7.94. The zero-order valence-corrected chi connectivity index (χ0v) is 20.5. The highest BCUT2D eigenvalue weighted by atomic mass is 16.7. The van der Waals surface area contributed by atoms with Crippen LogP contribution < -0.4 is 21.3 Å². The highest BCUT2D eigenvalue weighted by molar-refractivity contribution is 5.89. The zero-order valence-electron chi connectivity index (χ0n) is 20.5. The molecule has 0 radical (unpaired) electrons. The van der Waals surface area contributed by atoms with Gasteiger partial charge in [-0.15, -0.1) is 0 Å². The third-order valence-corrected chi connectivity index (χ3v) is 5.78. The second-order valence-electron chi connectivity index (χ2n) is 7.88. The van der Waals surface area contributed by atoms with Gasteiger partial charge in [-0.3, -0.25) is 0 Å². The molecule has 2 aromatic carbocycles. The fourth-order valence-electron chi connectivity index (χ4n) is 3.89. The molecule has 0 unspecified atom stereocenters. The van der Waals surface area contributed by atoms with E-state index in [-0.39, 0.29) is 19.6 Å². The Kier molecular flexibility index (Phi) is 8.86. The van der Waals surface area contributed by atoms with Crippen molar-refractivity contribution in [1.82, 2.24) is 10.8 Å². The maximum Gasteiger partial charge on any atom is 0.407 e. The molecule has 3 aromatic rings. The van der Waals surface area contributed by atoms with Gasteiger partial charge in [-0.25, -0.2) is 14.4 Å². The standard InChI is InChI=1S/C26H31N3O6/c1-5-29(6-2)20-10-11-21-17(3)22(25(31)34-23(21)15-20)12-13-33-26(32)28-16-18-8-7-9-19(14-18)24(30)35-27-4/h7-11,14-15,27H,5-6,12-13,16H2,1-4H3,(H,28,32). The highest BCUT2D eigenvalue weighted by Gasteiger charge is 2.14. The fourth-order valence-corrected chi connectivity index (χ4v) is 3.89. The molecule has 2 N–H and O–H groups in total. The quantitative estimate of drug-likeness (QED) is 0.333. The Morgan fingerprint density at radius 2 is 1.86 bits per heavy atom. The monoisotopic (exact) mass is 481 g/mol. The summed E-state index contributed by atoms with van der Waals surface area (Å²) < 4.78 is 10.8. The number of amides is 1. The SMILES string of the molecule is CCN(CC)c1ccc2c(C)c(CCOC(=O)NCc3cccc(C(=O)ONC)c3)c(=O)oc2c1. The minimum atomic E-state index is -0.625. The Labute approximate surface area is 204 Å². The summed E-state index contributed by atoms with van der Waals surface area (Å²) in [6.07, 6.45) is -0.388. The van der Waals surface area contributed by atoms with Crippen LogP contribution in [0.15, 0.2) is 51.7 Å². The lowest BCUT2D eigenvalue weighted by Gasteiger charge is -2.21. The molecule has 0 spiro atoms. The molecule has 0 aliphatic heterocycles. The Bertz CT molecular complexity index is 1250. The predicted molar refractivity (Wildman–Crippen MR) is 134 cm³/mol. The van der Waals surface area contributed by atoms with E-state index in [0.717, 1.165) is 29.7 Å². The smallest absolute Gasteiger partial charge is 0.407 e.